The van der Waals surface area contributed by atoms with E-state index in [9.17, 15) is 9.59 Å². The number of amides is 1. The van der Waals surface area contributed by atoms with Crippen LogP contribution in [0.3, 0.4) is 0 Å². The van der Waals surface area contributed by atoms with Gasteiger partial charge in [-0.25, -0.2) is 4.68 Å². The zero-order valence-corrected chi connectivity index (χ0v) is 14.2. The van der Waals surface area contributed by atoms with Gasteiger partial charge in [-0.15, -0.1) is 0 Å². The lowest BCUT2D eigenvalue weighted by Gasteiger charge is -2.18. The second-order valence-electron chi connectivity index (χ2n) is 6.51. The smallest absolute Gasteiger partial charge is 0.275 e. The van der Waals surface area contributed by atoms with E-state index in [0.29, 0.717) is 24.3 Å². The van der Waals surface area contributed by atoms with E-state index in [1.165, 1.54) is 4.68 Å². The number of aliphatic hydroxyl groups excluding tert-OH is 1. The van der Waals surface area contributed by atoms with E-state index in [1.807, 2.05) is 12.1 Å². The summed E-state index contributed by atoms with van der Waals surface area (Å²) in [6.07, 6.45) is 3.19. The van der Waals surface area contributed by atoms with E-state index in [2.05, 4.69) is 24.3 Å². The molecular formula is C18H25N3O3. The topological polar surface area (TPSA) is 84.2 Å². The SMILES string of the molecule is CC(C)CC(CCO)CNC(=O)Cn1ncc2ccccc2c1=O. The molecule has 1 heterocycles. The molecule has 2 aromatic rings. The summed E-state index contributed by atoms with van der Waals surface area (Å²) < 4.78 is 1.18. The first kappa shape index (κ1) is 18.1. The highest BCUT2D eigenvalue weighted by Gasteiger charge is 2.13. The minimum Gasteiger partial charge on any atom is -0.396 e. The lowest BCUT2D eigenvalue weighted by molar-refractivity contribution is -0.122. The number of benzene rings is 1. The fourth-order valence-corrected chi connectivity index (χ4v) is 2.84. The summed E-state index contributed by atoms with van der Waals surface area (Å²) in [5, 5.41) is 17.3. The molecule has 0 fully saturated rings. The molecule has 0 bridgehead atoms. The molecule has 0 saturated heterocycles. The Hall–Kier alpha value is -2.21. The first-order chi connectivity index (χ1) is 11.5. The number of carbonyl (C=O) groups is 1. The Morgan fingerprint density at radius 2 is 2.08 bits per heavy atom. The summed E-state index contributed by atoms with van der Waals surface area (Å²) in [7, 11) is 0. The average Bonchev–Trinajstić information content (AvgIpc) is 2.55. The highest BCUT2D eigenvalue weighted by atomic mass is 16.3. The maximum Gasteiger partial charge on any atom is 0.275 e. The fourth-order valence-electron chi connectivity index (χ4n) is 2.84. The van der Waals surface area contributed by atoms with Crippen LogP contribution in [0.5, 0.6) is 0 Å². The zero-order valence-electron chi connectivity index (χ0n) is 14.2. The maximum atomic E-state index is 12.3. The number of fused-ring (bicyclic) bond motifs is 1. The molecule has 6 heteroatoms. The molecular weight excluding hydrogens is 306 g/mol. The second-order valence-corrected chi connectivity index (χ2v) is 6.51. The van der Waals surface area contributed by atoms with Gasteiger partial charge in [-0.2, -0.15) is 5.10 Å². The molecule has 1 aromatic carbocycles. The minimum atomic E-state index is -0.266. The van der Waals surface area contributed by atoms with Gasteiger partial charge in [0.25, 0.3) is 5.56 Å². The van der Waals surface area contributed by atoms with E-state index in [-0.39, 0.29) is 30.5 Å². The first-order valence-corrected chi connectivity index (χ1v) is 8.33. The lowest BCUT2D eigenvalue weighted by atomic mass is 9.94. The number of hydrogen-bond acceptors (Lipinski definition) is 4. The quantitative estimate of drug-likeness (QED) is 0.769. The lowest BCUT2D eigenvalue weighted by Crippen LogP contribution is -2.36. The summed E-state index contributed by atoms with van der Waals surface area (Å²) in [6, 6.07) is 7.18. The Balaban J connectivity index is 1.99. The van der Waals surface area contributed by atoms with Gasteiger partial charge in [0, 0.05) is 18.5 Å². The van der Waals surface area contributed by atoms with E-state index < -0.39 is 0 Å². The molecule has 6 nitrogen and oxygen atoms in total. The maximum absolute atomic E-state index is 12.3. The summed E-state index contributed by atoms with van der Waals surface area (Å²) in [5.74, 6) is 0.495. The Morgan fingerprint density at radius 1 is 1.33 bits per heavy atom. The Labute approximate surface area is 141 Å². The number of aromatic nitrogens is 2. The van der Waals surface area contributed by atoms with E-state index >= 15 is 0 Å². The highest BCUT2D eigenvalue weighted by Crippen LogP contribution is 2.14. The largest absolute Gasteiger partial charge is 0.396 e. The third-order valence-electron chi connectivity index (χ3n) is 3.99. The summed E-state index contributed by atoms with van der Waals surface area (Å²) in [6.45, 7) is 4.74. The van der Waals surface area contributed by atoms with Crippen molar-refractivity contribution in [1.29, 1.82) is 0 Å². The molecule has 130 valence electrons. The van der Waals surface area contributed by atoms with Crippen LogP contribution >= 0.6 is 0 Å². The Kier molecular flexibility index (Phi) is 6.49. The van der Waals surface area contributed by atoms with Gasteiger partial charge in [-0.1, -0.05) is 32.0 Å². The number of rotatable bonds is 8. The van der Waals surface area contributed by atoms with Crippen LogP contribution < -0.4 is 10.9 Å². The second kappa shape index (κ2) is 8.59. The van der Waals surface area contributed by atoms with Crippen LogP contribution in [-0.2, 0) is 11.3 Å². The predicted octanol–water partition coefficient (Wildman–Crippen LogP) is 1.56. The molecule has 0 aliphatic carbocycles. The van der Waals surface area contributed by atoms with Gasteiger partial charge in [-0.3, -0.25) is 9.59 Å². The third kappa shape index (κ3) is 4.89. The van der Waals surface area contributed by atoms with Crippen molar-refractivity contribution < 1.29 is 9.90 Å². The van der Waals surface area contributed by atoms with Crippen molar-refractivity contribution in [3.8, 4) is 0 Å². The standard InChI is InChI=1S/C18H25N3O3/c1-13(2)9-14(7-8-22)10-19-17(23)12-21-18(24)16-6-4-3-5-15(16)11-20-21/h3-6,11,13-14,22H,7-10,12H2,1-2H3,(H,19,23). The van der Waals surface area contributed by atoms with Gasteiger partial charge in [0.15, 0.2) is 0 Å². The molecule has 0 spiro atoms. The first-order valence-electron chi connectivity index (χ1n) is 8.33. The molecule has 1 amide bonds. The van der Waals surface area contributed by atoms with Crippen LogP contribution in [-0.4, -0.2) is 33.9 Å². The van der Waals surface area contributed by atoms with Crippen LogP contribution in [0.4, 0.5) is 0 Å². The fraction of sp³-hybridized carbons (Fsp3) is 0.500. The number of aliphatic hydroxyl groups is 1. The predicted molar refractivity (Wildman–Crippen MR) is 93.7 cm³/mol. The van der Waals surface area contributed by atoms with Crippen molar-refractivity contribution in [3.63, 3.8) is 0 Å². The molecule has 1 atom stereocenters. The summed E-state index contributed by atoms with van der Waals surface area (Å²) >= 11 is 0. The van der Waals surface area contributed by atoms with Crippen molar-refractivity contribution in [2.24, 2.45) is 11.8 Å². The van der Waals surface area contributed by atoms with Crippen molar-refractivity contribution in [2.45, 2.75) is 33.2 Å². The van der Waals surface area contributed by atoms with Gasteiger partial charge in [-0.05, 0) is 30.7 Å². The van der Waals surface area contributed by atoms with E-state index in [4.69, 9.17) is 5.11 Å². The van der Waals surface area contributed by atoms with Crippen molar-refractivity contribution in [2.75, 3.05) is 13.2 Å². The average molecular weight is 331 g/mol. The zero-order chi connectivity index (χ0) is 17.5. The molecule has 0 aliphatic rings. The number of nitrogens with one attached hydrogen (secondary N) is 1. The molecule has 24 heavy (non-hydrogen) atoms. The molecule has 2 N–H and O–H groups in total. The van der Waals surface area contributed by atoms with Crippen LogP contribution in [0.25, 0.3) is 10.8 Å². The van der Waals surface area contributed by atoms with Gasteiger partial charge in [0.1, 0.15) is 6.54 Å². The number of hydrogen-bond donors (Lipinski definition) is 2. The van der Waals surface area contributed by atoms with Crippen LogP contribution in [0.1, 0.15) is 26.7 Å². The van der Waals surface area contributed by atoms with Gasteiger partial charge in [0.2, 0.25) is 5.91 Å². The molecule has 2 rings (SSSR count). The van der Waals surface area contributed by atoms with Crippen molar-refractivity contribution >= 4 is 16.7 Å². The van der Waals surface area contributed by atoms with Crippen LogP contribution in [0.15, 0.2) is 35.3 Å². The van der Waals surface area contributed by atoms with Crippen molar-refractivity contribution in [1.82, 2.24) is 15.1 Å². The molecule has 1 aromatic heterocycles. The molecule has 0 saturated carbocycles. The molecule has 0 aliphatic heterocycles. The molecule has 0 radical (unpaired) electrons. The van der Waals surface area contributed by atoms with Crippen LogP contribution in [0.2, 0.25) is 0 Å². The number of nitrogens with zero attached hydrogens (tertiary/aromatic N) is 2. The third-order valence-corrected chi connectivity index (χ3v) is 3.99. The minimum absolute atomic E-state index is 0.100. The summed E-state index contributed by atoms with van der Waals surface area (Å²) in [4.78, 5) is 24.5. The van der Waals surface area contributed by atoms with Gasteiger partial charge >= 0.3 is 0 Å². The van der Waals surface area contributed by atoms with Crippen molar-refractivity contribution in [3.05, 3.63) is 40.8 Å². The normalized spacial score (nSPS) is 12.5. The van der Waals surface area contributed by atoms with Gasteiger partial charge < -0.3 is 10.4 Å². The van der Waals surface area contributed by atoms with E-state index in [0.717, 1.165) is 11.8 Å². The monoisotopic (exact) mass is 331 g/mol. The number of carbonyl (C=O) groups excluding carboxylic acids is 1. The summed E-state index contributed by atoms with van der Waals surface area (Å²) in [5.41, 5.74) is -0.266. The Bertz CT molecular complexity index is 740. The van der Waals surface area contributed by atoms with E-state index in [1.54, 1.807) is 18.3 Å². The van der Waals surface area contributed by atoms with Gasteiger partial charge in [0.05, 0.1) is 11.6 Å². The Morgan fingerprint density at radius 3 is 2.79 bits per heavy atom. The highest BCUT2D eigenvalue weighted by molar-refractivity contribution is 5.81. The van der Waals surface area contributed by atoms with Crippen LogP contribution in [0, 0.1) is 11.8 Å². The molecule has 1 unspecified atom stereocenters.